The highest BCUT2D eigenvalue weighted by atomic mass is 16.3. The molecule has 1 rings (SSSR count). The first-order chi connectivity index (χ1) is 6.56. The Kier molecular flexibility index (Phi) is 4.31. The Labute approximate surface area is 86.7 Å². The fraction of sp³-hybridized carbons (Fsp3) is 1.00. The lowest BCUT2D eigenvalue weighted by atomic mass is 9.92. The van der Waals surface area contributed by atoms with Gasteiger partial charge in [-0.2, -0.15) is 0 Å². The van der Waals surface area contributed by atoms with E-state index < -0.39 is 0 Å². The van der Waals surface area contributed by atoms with Crippen LogP contribution in [0, 0.1) is 5.92 Å². The molecule has 1 aliphatic heterocycles. The Morgan fingerprint density at radius 2 is 2.21 bits per heavy atom. The van der Waals surface area contributed by atoms with Crippen molar-refractivity contribution in [1.29, 1.82) is 0 Å². The molecule has 84 valence electrons. The lowest BCUT2D eigenvalue weighted by Crippen LogP contribution is -2.51. The number of hydrogen-bond acceptors (Lipinski definition) is 4. The summed E-state index contributed by atoms with van der Waals surface area (Å²) in [5.74, 6) is 0.595. The van der Waals surface area contributed by atoms with Crippen molar-refractivity contribution < 1.29 is 5.11 Å². The summed E-state index contributed by atoms with van der Waals surface area (Å²) in [6.07, 6.45) is 1.19. The van der Waals surface area contributed by atoms with Crippen LogP contribution >= 0.6 is 0 Å². The molecule has 0 aromatic carbocycles. The molecular formula is C10H23N3O. The lowest BCUT2D eigenvalue weighted by Gasteiger charge is -2.33. The van der Waals surface area contributed by atoms with Gasteiger partial charge in [0, 0.05) is 18.6 Å². The fourth-order valence-electron chi connectivity index (χ4n) is 2.51. The normalized spacial score (nSPS) is 28.3. The second-order valence-corrected chi connectivity index (χ2v) is 4.61. The molecule has 1 saturated heterocycles. The molecule has 0 aromatic heterocycles. The van der Waals surface area contributed by atoms with Crippen LogP contribution in [0.3, 0.4) is 0 Å². The van der Waals surface area contributed by atoms with Crippen molar-refractivity contribution >= 4 is 0 Å². The van der Waals surface area contributed by atoms with E-state index in [0.717, 1.165) is 13.1 Å². The maximum atomic E-state index is 9.12. The Morgan fingerprint density at radius 1 is 1.57 bits per heavy atom. The van der Waals surface area contributed by atoms with E-state index in [1.807, 2.05) is 14.1 Å². The lowest BCUT2D eigenvalue weighted by molar-refractivity contribution is 0.135. The third-order valence-electron chi connectivity index (χ3n) is 3.16. The number of aliphatic hydroxyl groups excluding tert-OH is 1. The van der Waals surface area contributed by atoms with Crippen LogP contribution in [0.5, 0.6) is 0 Å². The summed E-state index contributed by atoms with van der Waals surface area (Å²) in [6, 6.07) is 0.173. The third-order valence-corrected chi connectivity index (χ3v) is 3.16. The fourth-order valence-corrected chi connectivity index (χ4v) is 2.51. The Morgan fingerprint density at radius 3 is 2.57 bits per heavy atom. The van der Waals surface area contributed by atoms with Crippen molar-refractivity contribution in [1.82, 2.24) is 9.80 Å². The van der Waals surface area contributed by atoms with Crippen LogP contribution in [0.2, 0.25) is 0 Å². The van der Waals surface area contributed by atoms with Crippen molar-refractivity contribution in [3.8, 4) is 0 Å². The van der Waals surface area contributed by atoms with Crippen LogP contribution < -0.4 is 5.73 Å². The van der Waals surface area contributed by atoms with Crippen LogP contribution in [-0.2, 0) is 0 Å². The molecule has 14 heavy (non-hydrogen) atoms. The summed E-state index contributed by atoms with van der Waals surface area (Å²) in [5.41, 5.74) is 5.93. The number of rotatable bonds is 4. The van der Waals surface area contributed by atoms with Crippen LogP contribution in [-0.4, -0.2) is 67.8 Å². The van der Waals surface area contributed by atoms with E-state index in [0.29, 0.717) is 12.0 Å². The van der Waals surface area contributed by atoms with Gasteiger partial charge in [-0.05, 0) is 40.0 Å². The first-order valence-electron chi connectivity index (χ1n) is 5.27. The van der Waals surface area contributed by atoms with E-state index in [2.05, 4.69) is 16.8 Å². The van der Waals surface area contributed by atoms with E-state index in [9.17, 15) is 0 Å². The summed E-state index contributed by atoms with van der Waals surface area (Å²) in [6.45, 7) is 2.31. The van der Waals surface area contributed by atoms with Gasteiger partial charge < -0.3 is 20.6 Å². The molecule has 1 aliphatic rings. The molecule has 4 nitrogen and oxygen atoms in total. The van der Waals surface area contributed by atoms with Crippen molar-refractivity contribution in [3.63, 3.8) is 0 Å². The maximum absolute atomic E-state index is 9.12. The maximum Gasteiger partial charge on any atom is 0.0597 e. The van der Waals surface area contributed by atoms with Crippen LogP contribution in [0.4, 0.5) is 0 Å². The molecule has 0 saturated carbocycles. The van der Waals surface area contributed by atoms with Gasteiger partial charge in [-0.15, -0.1) is 0 Å². The Bertz CT molecular complexity index is 175. The van der Waals surface area contributed by atoms with Gasteiger partial charge in [-0.25, -0.2) is 0 Å². The minimum atomic E-state index is -0.124. The number of likely N-dealkylation sites (N-methyl/N-ethyl adjacent to an activating group) is 1. The molecular weight excluding hydrogens is 178 g/mol. The molecule has 0 aliphatic carbocycles. The SMILES string of the molecule is CN1CCC(C(C(N)CO)N(C)C)C1. The van der Waals surface area contributed by atoms with Crippen LogP contribution in [0.25, 0.3) is 0 Å². The van der Waals surface area contributed by atoms with Crippen molar-refractivity contribution in [2.24, 2.45) is 11.7 Å². The van der Waals surface area contributed by atoms with E-state index in [1.54, 1.807) is 0 Å². The van der Waals surface area contributed by atoms with E-state index >= 15 is 0 Å². The smallest absolute Gasteiger partial charge is 0.0597 e. The largest absolute Gasteiger partial charge is 0.395 e. The summed E-state index contributed by atoms with van der Waals surface area (Å²) in [4.78, 5) is 4.47. The summed E-state index contributed by atoms with van der Waals surface area (Å²) < 4.78 is 0. The summed E-state index contributed by atoms with van der Waals surface area (Å²) >= 11 is 0. The monoisotopic (exact) mass is 201 g/mol. The number of likely N-dealkylation sites (tertiary alicyclic amines) is 1. The molecule has 0 radical (unpaired) electrons. The van der Waals surface area contributed by atoms with Crippen LogP contribution in [0.1, 0.15) is 6.42 Å². The third kappa shape index (κ3) is 2.67. The van der Waals surface area contributed by atoms with Crippen LogP contribution in [0.15, 0.2) is 0 Å². The van der Waals surface area contributed by atoms with Gasteiger partial charge in [0.15, 0.2) is 0 Å². The highest BCUT2D eigenvalue weighted by Gasteiger charge is 2.32. The molecule has 4 heteroatoms. The van der Waals surface area contributed by atoms with Gasteiger partial charge >= 0.3 is 0 Å². The number of hydrogen-bond donors (Lipinski definition) is 2. The molecule has 3 atom stereocenters. The van der Waals surface area contributed by atoms with Gasteiger partial charge in [0.25, 0.3) is 0 Å². The van der Waals surface area contributed by atoms with Gasteiger partial charge in [0.1, 0.15) is 0 Å². The van der Waals surface area contributed by atoms with Gasteiger partial charge in [0.05, 0.1) is 6.61 Å². The molecule has 0 spiro atoms. The molecule has 0 aromatic rings. The average molecular weight is 201 g/mol. The summed E-state index contributed by atoms with van der Waals surface area (Å²) in [5, 5.41) is 9.12. The second kappa shape index (κ2) is 5.07. The topological polar surface area (TPSA) is 52.7 Å². The number of nitrogens with zero attached hydrogens (tertiary/aromatic N) is 2. The first-order valence-corrected chi connectivity index (χ1v) is 5.27. The predicted octanol–water partition coefficient (Wildman–Crippen LogP) is -0.812. The van der Waals surface area contributed by atoms with E-state index in [4.69, 9.17) is 10.8 Å². The quantitative estimate of drug-likeness (QED) is 0.624. The zero-order valence-electron chi connectivity index (χ0n) is 9.48. The number of aliphatic hydroxyl groups is 1. The molecule has 3 unspecified atom stereocenters. The first kappa shape index (κ1) is 11.9. The van der Waals surface area contributed by atoms with Crippen molar-refractivity contribution in [3.05, 3.63) is 0 Å². The minimum Gasteiger partial charge on any atom is -0.395 e. The molecule has 0 amide bonds. The van der Waals surface area contributed by atoms with Crippen molar-refractivity contribution in [2.45, 2.75) is 18.5 Å². The molecule has 1 fully saturated rings. The highest BCUT2D eigenvalue weighted by Crippen LogP contribution is 2.22. The molecule has 3 N–H and O–H groups in total. The molecule has 0 bridgehead atoms. The number of nitrogens with two attached hydrogens (primary N) is 1. The Balaban J connectivity index is 2.58. The standard InChI is InChI=1S/C10H23N3O/c1-12(2)10(9(11)7-14)8-4-5-13(3)6-8/h8-10,14H,4-7,11H2,1-3H3. The predicted molar refractivity (Wildman–Crippen MR) is 58.1 cm³/mol. The minimum absolute atomic E-state index is 0.0725. The highest BCUT2D eigenvalue weighted by molar-refractivity contribution is 4.90. The van der Waals surface area contributed by atoms with Crippen molar-refractivity contribution in [2.75, 3.05) is 40.8 Å². The summed E-state index contributed by atoms with van der Waals surface area (Å²) in [7, 11) is 6.22. The van der Waals surface area contributed by atoms with E-state index in [1.165, 1.54) is 6.42 Å². The second-order valence-electron chi connectivity index (χ2n) is 4.61. The van der Waals surface area contributed by atoms with E-state index in [-0.39, 0.29) is 12.6 Å². The Hall–Kier alpha value is -0.160. The van der Waals surface area contributed by atoms with Gasteiger partial charge in [-0.1, -0.05) is 0 Å². The van der Waals surface area contributed by atoms with Gasteiger partial charge in [0.2, 0.25) is 0 Å². The zero-order valence-corrected chi connectivity index (χ0v) is 9.48. The van der Waals surface area contributed by atoms with Gasteiger partial charge in [-0.3, -0.25) is 0 Å². The zero-order chi connectivity index (χ0) is 10.7. The average Bonchev–Trinajstić information content (AvgIpc) is 2.51. The molecule has 1 heterocycles.